The predicted octanol–water partition coefficient (Wildman–Crippen LogP) is 4.54. The molecule has 1 aromatic heterocycles. The molecule has 0 spiro atoms. The summed E-state index contributed by atoms with van der Waals surface area (Å²) in [6.45, 7) is 12.2. The molecule has 0 saturated heterocycles. The van der Waals surface area contributed by atoms with Gasteiger partial charge in [-0.15, -0.1) is 0 Å². The third kappa shape index (κ3) is 2.17. The molecule has 0 radical (unpaired) electrons. The fourth-order valence-corrected chi connectivity index (χ4v) is 3.27. The average molecular weight is 268 g/mol. The van der Waals surface area contributed by atoms with Gasteiger partial charge in [0.2, 0.25) is 0 Å². The van der Waals surface area contributed by atoms with Crippen LogP contribution in [0.15, 0.2) is 12.1 Å². The second kappa shape index (κ2) is 4.47. The first-order valence-electron chi connectivity index (χ1n) is 7.52. The Morgan fingerprint density at radius 1 is 1.10 bits per heavy atom. The molecular formula is C18H24N2. The topological polar surface area (TPSA) is 24.9 Å². The molecule has 1 N–H and O–H groups in total. The van der Waals surface area contributed by atoms with Gasteiger partial charge in [0.1, 0.15) is 0 Å². The van der Waals surface area contributed by atoms with Crippen LogP contribution in [-0.2, 0) is 6.42 Å². The van der Waals surface area contributed by atoms with Gasteiger partial charge in [-0.25, -0.2) is 0 Å². The number of benzene rings is 1. The van der Waals surface area contributed by atoms with Crippen LogP contribution in [-0.4, -0.2) is 11.5 Å². The second-order valence-electron chi connectivity index (χ2n) is 7.04. The molecule has 0 saturated carbocycles. The predicted molar refractivity (Wildman–Crippen MR) is 86.5 cm³/mol. The van der Waals surface area contributed by atoms with Gasteiger partial charge in [0.25, 0.3) is 0 Å². The molecule has 0 amide bonds. The van der Waals surface area contributed by atoms with E-state index in [0.29, 0.717) is 5.41 Å². The molecule has 2 aromatic rings. The Kier molecular flexibility index (Phi) is 3.00. The number of fused-ring (bicyclic) bond motifs is 3. The summed E-state index contributed by atoms with van der Waals surface area (Å²) < 4.78 is 0. The molecule has 0 atom stereocenters. The standard InChI is InChI=1S/C18H24N2/c1-11-8-13(3)20-17-14-6-7-18(4,5)10-19-16(14)12(2)9-15(11)17/h8-9,19H,6-7,10H2,1-5H3. The Morgan fingerprint density at radius 3 is 2.60 bits per heavy atom. The Balaban J connectivity index is 2.29. The summed E-state index contributed by atoms with van der Waals surface area (Å²) in [6.07, 6.45) is 2.32. The minimum atomic E-state index is 0.344. The summed E-state index contributed by atoms with van der Waals surface area (Å²) >= 11 is 0. The number of nitrogens with one attached hydrogen (secondary N) is 1. The van der Waals surface area contributed by atoms with E-state index in [1.807, 2.05) is 0 Å². The maximum Gasteiger partial charge on any atom is 0.0760 e. The lowest BCUT2D eigenvalue weighted by Gasteiger charge is -2.22. The van der Waals surface area contributed by atoms with Crippen LogP contribution in [0.2, 0.25) is 0 Å². The van der Waals surface area contributed by atoms with Crippen LogP contribution >= 0.6 is 0 Å². The summed E-state index contributed by atoms with van der Waals surface area (Å²) in [5.74, 6) is 0. The van der Waals surface area contributed by atoms with Crippen molar-refractivity contribution in [3.8, 4) is 0 Å². The van der Waals surface area contributed by atoms with Crippen LogP contribution in [0.4, 0.5) is 5.69 Å². The second-order valence-corrected chi connectivity index (χ2v) is 7.04. The van der Waals surface area contributed by atoms with E-state index in [2.05, 4.69) is 52.1 Å². The van der Waals surface area contributed by atoms with Gasteiger partial charge >= 0.3 is 0 Å². The van der Waals surface area contributed by atoms with Gasteiger partial charge < -0.3 is 5.32 Å². The number of hydrogen-bond acceptors (Lipinski definition) is 2. The molecule has 2 heteroatoms. The average Bonchev–Trinajstić information content (AvgIpc) is 2.51. The molecule has 106 valence electrons. The highest BCUT2D eigenvalue weighted by atomic mass is 14.9. The molecular weight excluding hydrogens is 244 g/mol. The van der Waals surface area contributed by atoms with E-state index in [9.17, 15) is 0 Å². The van der Waals surface area contributed by atoms with Gasteiger partial charge in [-0.1, -0.05) is 13.8 Å². The van der Waals surface area contributed by atoms with Crippen molar-refractivity contribution >= 4 is 16.6 Å². The van der Waals surface area contributed by atoms with E-state index in [-0.39, 0.29) is 0 Å². The van der Waals surface area contributed by atoms with Crippen molar-refractivity contribution < 1.29 is 0 Å². The first-order chi connectivity index (χ1) is 9.37. The maximum atomic E-state index is 4.84. The van der Waals surface area contributed by atoms with Crippen molar-refractivity contribution in [2.75, 3.05) is 11.9 Å². The number of hydrogen-bond donors (Lipinski definition) is 1. The summed E-state index contributed by atoms with van der Waals surface area (Å²) in [4.78, 5) is 4.84. The van der Waals surface area contributed by atoms with Crippen molar-refractivity contribution in [2.24, 2.45) is 5.41 Å². The van der Waals surface area contributed by atoms with Crippen LogP contribution in [0.25, 0.3) is 10.9 Å². The van der Waals surface area contributed by atoms with Crippen molar-refractivity contribution in [1.29, 1.82) is 0 Å². The SMILES string of the molecule is Cc1cc(C)c2cc(C)c3c(c2n1)CCC(C)(C)CN3. The monoisotopic (exact) mass is 268 g/mol. The molecule has 0 unspecified atom stereocenters. The molecule has 20 heavy (non-hydrogen) atoms. The first kappa shape index (κ1) is 13.4. The Bertz CT molecular complexity index is 684. The van der Waals surface area contributed by atoms with Crippen molar-refractivity contribution in [1.82, 2.24) is 4.98 Å². The Morgan fingerprint density at radius 2 is 1.85 bits per heavy atom. The van der Waals surface area contributed by atoms with Crippen molar-refractivity contribution in [3.63, 3.8) is 0 Å². The lowest BCUT2D eigenvalue weighted by Crippen LogP contribution is -2.21. The third-order valence-electron chi connectivity index (χ3n) is 4.53. The zero-order chi connectivity index (χ0) is 14.5. The smallest absolute Gasteiger partial charge is 0.0760 e. The van der Waals surface area contributed by atoms with Gasteiger partial charge in [0.05, 0.1) is 5.52 Å². The van der Waals surface area contributed by atoms with Crippen LogP contribution in [0.1, 0.15) is 42.7 Å². The van der Waals surface area contributed by atoms with Crippen molar-refractivity contribution in [3.05, 3.63) is 34.5 Å². The minimum absolute atomic E-state index is 0.344. The van der Waals surface area contributed by atoms with E-state index in [0.717, 1.165) is 18.7 Å². The summed E-state index contributed by atoms with van der Waals surface area (Å²) in [5.41, 5.74) is 8.08. The Labute approximate surface area is 121 Å². The van der Waals surface area contributed by atoms with Crippen LogP contribution in [0, 0.1) is 26.2 Å². The fraction of sp³-hybridized carbons (Fsp3) is 0.500. The van der Waals surface area contributed by atoms with Gasteiger partial charge in [0, 0.05) is 28.9 Å². The summed E-state index contributed by atoms with van der Waals surface area (Å²) in [7, 11) is 0. The third-order valence-corrected chi connectivity index (χ3v) is 4.53. The maximum absolute atomic E-state index is 4.84. The highest BCUT2D eigenvalue weighted by Crippen LogP contribution is 2.37. The van der Waals surface area contributed by atoms with E-state index in [1.54, 1.807) is 0 Å². The van der Waals surface area contributed by atoms with Gasteiger partial charge in [0.15, 0.2) is 0 Å². The van der Waals surface area contributed by atoms with E-state index >= 15 is 0 Å². The number of aromatic nitrogens is 1. The molecule has 3 rings (SSSR count). The zero-order valence-corrected chi connectivity index (χ0v) is 13.2. The van der Waals surface area contributed by atoms with Gasteiger partial charge in [-0.2, -0.15) is 0 Å². The summed E-state index contributed by atoms with van der Waals surface area (Å²) in [6, 6.07) is 4.48. The van der Waals surface area contributed by atoms with Crippen molar-refractivity contribution in [2.45, 2.75) is 47.5 Å². The molecule has 0 aliphatic carbocycles. The highest BCUT2D eigenvalue weighted by molar-refractivity contribution is 5.91. The number of nitrogens with zero attached hydrogens (tertiary/aromatic N) is 1. The molecule has 0 fully saturated rings. The first-order valence-corrected chi connectivity index (χ1v) is 7.52. The molecule has 2 nitrogen and oxygen atoms in total. The van der Waals surface area contributed by atoms with Gasteiger partial charge in [-0.3, -0.25) is 4.98 Å². The number of pyridine rings is 1. The summed E-state index contributed by atoms with van der Waals surface area (Å²) in [5, 5.41) is 4.99. The fourth-order valence-electron chi connectivity index (χ4n) is 3.27. The number of anilines is 1. The van der Waals surface area contributed by atoms with E-state index in [4.69, 9.17) is 4.98 Å². The van der Waals surface area contributed by atoms with E-state index in [1.165, 1.54) is 39.7 Å². The lowest BCUT2D eigenvalue weighted by atomic mass is 9.87. The van der Waals surface area contributed by atoms with Crippen LogP contribution < -0.4 is 5.32 Å². The highest BCUT2D eigenvalue weighted by Gasteiger charge is 2.25. The molecule has 0 bridgehead atoms. The minimum Gasteiger partial charge on any atom is -0.384 e. The Hall–Kier alpha value is -1.57. The quantitative estimate of drug-likeness (QED) is 0.758. The largest absolute Gasteiger partial charge is 0.384 e. The zero-order valence-electron chi connectivity index (χ0n) is 13.2. The van der Waals surface area contributed by atoms with E-state index < -0.39 is 0 Å². The van der Waals surface area contributed by atoms with Gasteiger partial charge in [-0.05, 0) is 62.3 Å². The normalized spacial score (nSPS) is 17.4. The molecule has 1 aliphatic rings. The van der Waals surface area contributed by atoms with Crippen LogP contribution in [0.5, 0.6) is 0 Å². The van der Waals surface area contributed by atoms with Crippen LogP contribution in [0.3, 0.4) is 0 Å². The number of aryl methyl sites for hydroxylation is 4. The number of rotatable bonds is 0. The molecule has 2 heterocycles. The lowest BCUT2D eigenvalue weighted by molar-refractivity contribution is 0.365. The molecule has 1 aromatic carbocycles. The molecule has 1 aliphatic heterocycles.